The van der Waals surface area contributed by atoms with Crippen molar-refractivity contribution < 1.29 is 9.53 Å². The largest absolute Gasteiger partial charge is 0.379 e. The molecule has 6 nitrogen and oxygen atoms in total. The number of pyridine rings is 1. The fraction of sp³-hybridized carbons (Fsp3) is 0.667. The van der Waals surface area contributed by atoms with Crippen LogP contribution < -0.4 is 11.1 Å². The van der Waals surface area contributed by atoms with Crippen molar-refractivity contribution in [3.63, 3.8) is 0 Å². The predicted molar refractivity (Wildman–Crippen MR) is 92.2 cm³/mol. The van der Waals surface area contributed by atoms with Gasteiger partial charge >= 0.3 is 0 Å². The molecule has 3 unspecified atom stereocenters. The number of piperidine rings is 1. The quantitative estimate of drug-likeness (QED) is 0.744. The van der Waals surface area contributed by atoms with E-state index in [2.05, 4.69) is 21.3 Å². The SMILES string of the molecule is COC(CNCc1cccnc1)CN1C2CCCC1(C(N)=O)CC2. The van der Waals surface area contributed by atoms with Crippen molar-refractivity contribution in [2.75, 3.05) is 20.2 Å². The Balaban J connectivity index is 1.57. The molecule has 3 rings (SSSR count). The molecule has 0 spiro atoms. The van der Waals surface area contributed by atoms with Gasteiger partial charge in [0.05, 0.1) is 6.10 Å². The van der Waals surface area contributed by atoms with Crippen LogP contribution in [0.2, 0.25) is 0 Å². The van der Waals surface area contributed by atoms with Crippen molar-refractivity contribution in [1.82, 2.24) is 15.2 Å². The Labute approximate surface area is 143 Å². The average Bonchev–Trinajstić information content (AvgIpc) is 2.80. The number of nitrogens with one attached hydrogen (secondary N) is 1. The lowest BCUT2D eigenvalue weighted by atomic mass is 9.87. The number of primary amides is 1. The van der Waals surface area contributed by atoms with Gasteiger partial charge in [-0.3, -0.25) is 14.7 Å². The molecule has 24 heavy (non-hydrogen) atoms. The molecule has 2 saturated heterocycles. The topological polar surface area (TPSA) is 80.5 Å². The number of fused-ring (bicyclic) bond motifs is 2. The van der Waals surface area contributed by atoms with E-state index in [1.165, 1.54) is 0 Å². The van der Waals surface area contributed by atoms with Crippen LogP contribution in [-0.2, 0) is 16.1 Å². The number of amides is 1. The maximum Gasteiger partial charge on any atom is 0.237 e. The molecule has 1 aromatic rings. The van der Waals surface area contributed by atoms with Gasteiger partial charge in [0, 0.05) is 45.2 Å². The third kappa shape index (κ3) is 3.45. The van der Waals surface area contributed by atoms with Crippen LogP contribution >= 0.6 is 0 Å². The second-order valence-corrected chi connectivity index (χ2v) is 6.98. The van der Waals surface area contributed by atoms with Crippen LogP contribution in [0, 0.1) is 0 Å². The summed E-state index contributed by atoms with van der Waals surface area (Å²) in [6, 6.07) is 4.46. The summed E-state index contributed by atoms with van der Waals surface area (Å²) in [6.07, 6.45) is 8.79. The minimum atomic E-state index is -0.441. The Morgan fingerprint density at radius 2 is 2.42 bits per heavy atom. The molecule has 1 aromatic heterocycles. The number of ether oxygens (including phenoxy) is 1. The van der Waals surface area contributed by atoms with Gasteiger partial charge in [-0.05, 0) is 43.7 Å². The highest BCUT2D eigenvalue weighted by molar-refractivity contribution is 5.85. The van der Waals surface area contributed by atoms with Crippen LogP contribution in [-0.4, -0.2) is 53.7 Å². The monoisotopic (exact) mass is 332 g/mol. The molecule has 132 valence electrons. The minimum absolute atomic E-state index is 0.0408. The number of aromatic nitrogens is 1. The van der Waals surface area contributed by atoms with Crippen molar-refractivity contribution in [1.29, 1.82) is 0 Å². The molecular formula is C18H28N4O2. The molecule has 0 aliphatic carbocycles. The van der Waals surface area contributed by atoms with Crippen LogP contribution in [0.4, 0.5) is 0 Å². The number of hydrogen-bond donors (Lipinski definition) is 2. The van der Waals surface area contributed by atoms with Gasteiger partial charge in [0.25, 0.3) is 0 Å². The van der Waals surface area contributed by atoms with Crippen molar-refractivity contribution in [3.05, 3.63) is 30.1 Å². The summed E-state index contributed by atoms with van der Waals surface area (Å²) in [5, 5.41) is 3.43. The number of nitrogens with two attached hydrogens (primary N) is 1. The molecule has 2 aliphatic heterocycles. The molecule has 0 aromatic carbocycles. The molecule has 3 atom stereocenters. The first kappa shape index (κ1) is 17.3. The van der Waals surface area contributed by atoms with Crippen LogP contribution in [0.25, 0.3) is 0 Å². The number of nitrogens with zero attached hydrogens (tertiary/aromatic N) is 2. The lowest BCUT2D eigenvalue weighted by Gasteiger charge is -2.44. The van der Waals surface area contributed by atoms with E-state index >= 15 is 0 Å². The fourth-order valence-corrected chi connectivity index (χ4v) is 4.29. The van der Waals surface area contributed by atoms with Crippen LogP contribution in [0.1, 0.15) is 37.7 Å². The molecule has 0 radical (unpaired) electrons. The van der Waals surface area contributed by atoms with E-state index in [-0.39, 0.29) is 12.0 Å². The Hall–Kier alpha value is -1.50. The summed E-state index contributed by atoms with van der Waals surface area (Å²) in [5.74, 6) is -0.164. The summed E-state index contributed by atoms with van der Waals surface area (Å²) in [4.78, 5) is 18.6. The maximum absolute atomic E-state index is 12.1. The Bertz CT molecular complexity index is 549. The van der Waals surface area contributed by atoms with Gasteiger partial charge in [-0.25, -0.2) is 0 Å². The lowest BCUT2D eigenvalue weighted by molar-refractivity contribution is -0.133. The van der Waals surface area contributed by atoms with Gasteiger partial charge in [-0.15, -0.1) is 0 Å². The van der Waals surface area contributed by atoms with Crippen LogP contribution in [0.3, 0.4) is 0 Å². The van der Waals surface area contributed by atoms with Gasteiger partial charge in [-0.2, -0.15) is 0 Å². The maximum atomic E-state index is 12.1. The van der Waals surface area contributed by atoms with Gasteiger partial charge in [0.2, 0.25) is 5.91 Å². The molecule has 0 saturated carbocycles. The highest BCUT2D eigenvalue weighted by Gasteiger charge is 2.52. The third-order valence-electron chi connectivity index (χ3n) is 5.63. The minimum Gasteiger partial charge on any atom is -0.379 e. The number of methoxy groups -OCH3 is 1. The Kier molecular flexibility index (Phi) is 5.48. The molecule has 1 amide bonds. The first-order valence-corrected chi connectivity index (χ1v) is 8.85. The van der Waals surface area contributed by atoms with Gasteiger partial charge in [0.1, 0.15) is 5.54 Å². The highest BCUT2D eigenvalue weighted by atomic mass is 16.5. The third-order valence-corrected chi connectivity index (χ3v) is 5.63. The van der Waals surface area contributed by atoms with Gasteiger partial charge in [-0.1, -0.05) is 6.07 Å². The first-order chi connectivity index (χ1) is 11.7. The second kappa shape index (κ2) is 7.59. The molecular weight excluding hydrogens is 304 g/mol. The first-order valence-electron chi connectivity index (χ1n) is 8.85. The zero-order valence-electron chi connectivity index (χ0n) is 14.4. The summed E-state index contributed by atoms with van der Waals surface area (Å²) in [7, 11) is 1.74. The van der Waals surface area contributed by atoms with Crippen molar-refractivity contribution >= 4 is 5.91 Å². The molecule has 2 bridgehead atoms. The zero-order chi connectivity index (χ0) is 17.0. The van der Waals surface area contributed by atoms with E-state index in [1.54, 1.807) is 13.3 Å². The van der Waals surface area contributed by atoms with Crippen LogP contribution in [0.5, 0.6) is 0 Å². The van der Waals surface area contributed by atoms with Gasteiger partial charge in [0.15, 0.2) is 0 Å². The van der Waals surface area contributed by atoms with Gasteiger partial charge < -0.3 is 15.8 Å². The van der Waals surface area contributed by atoms with E-state index in [9.17, 15) is 4.79 Å². The standard InChI is InChI=1S/C18H28N4O2/c1-24-16(12-21-11-14-4-3-9-20-10-14)13-22-15-5-2-7-18(22,8-6-15)17(19)23/h3-4,9-10,15-16,21H,2,5-8,11-13H2,1H3,(H2,19,23). The fourth-order valence-electron chi connectivity index (χ4n) is 4.29. The normalized spacial score (nSPS) is 28.0. The average molecular weight is 332 g/mol. The van der Waals surface area contributed by atoms with Crippen molar-refractivity contribution in [3.8, 4) is 0 Å². The molecule has 2 aliphatic rings. The van der Waals surface area contributed by atoms with E-state index in [1.807, 2.05) is 12.3 Å². The second-order valence-electron chi connectivity index (χ2n) is 6.98. The lowest BCUT2D eigenvalue weighted by Crippen LogP contribution is -2.60. The van der Waals surface area contributed by atoms with E-state index < -0.39 is 5.54 Å². The molecule has 3 heterocycles. The zero-order valence-corrected chi connectivity index (χ0v) is 14.4. The predicted octanol–water partition coefficient (Wildman–Crippen LogP) is 1.06. The molecule has 2 fully saturated rings. The van der Waals surface area contributed by atoms with E-state index in [0.29, 0.717) is 6.04 Å². The van der Waals surface area contributed by atoms with Crippen molar-refractivity contribution in [2.24, 2.45) is 5.73 Å². The molecule has 3 N–H and O–H groups in total. The Morgan fingerprint density at radius 3 is 3.12 bits per heavy atom. The summed E-state index contributed by atoms with van der Waals surface area (Å²) in [5.41, 5.74) is 6.49. The number of carbonyl (C=O) groups excluding carboxylic acids is 1. The summed E-state index contributed by atoms with van der Waals surface area (Å²) in [6.45, 7) is 2.26. The highest BCUT2D eigenvalue weighted by Crippen LogP contribution is 2.44. The smallest absolute Gasteiger partial charge is 0.237 e. The van der Waals surface area contributed by atoms with Crippen molar-refractivity contribution in [2.45, 2.75) is 56.3 Å². The number of rotatable bonds is 8. The molecule has 6 heteroatoms. The van der Waals surface area contributed by atoms with Crippen LogP contribution in [0.15, 0.2) is 24.5 Å². The number of carbonyl (C=O) groups is 1. The van der Waals surface area contributed by atoms with E-state index in [0.717, 1.165) is 57.3 Å². The summed E-state index contributed by atoms with van der Waals surface area (Å²) >= 11 is 0. The summed E-state index contributed by atoms with van der Waals surface area (Å²) < 4.78 is 5.67. The Morgan fingerprint density at radius 1 is 1.54 bits per heavy atom. The van der Waals surface area contributed by atoms with E-state index in [4.69, 9.17) is 10.5 Å². The number of hydrogen-bond acceptors (Lipinski definition) is 5.